The fourth-order valence-corrected chi connectivity index (χ4v) is 2.03. The summed E-state index contributed by atoms with van der Waals surface area (Å²) in [6.07, 6.45) is 6.28. The molecule has 0 aromatic rings. The SMILES string of the molecule is C=CC1(C(=O)OC)CCC=CC1C(=O)OC. The number of hydrogen-bond acceptors (Lipinski definition) is 4. The lowest BCUT2D eigenvalue weighted by Gasteiger charge is -2.34. The van der Waals surface area contributed by atoms with Gasteiger partial charge in [-0.25, -0.2) is 0 Å². The largest absolute Gasteiger partial charge is 0.469 e. The second-order valence-corrected chi connectivity index (χ2v) is 3.70. The third-order valence-electron chi connectivity index (χ3n) is 2.99. The molecule has 0 aliphatic heterocycles. The summed E-state index contributed by atoms with van der Waals surface area (Å²) in [5.41, 5.74) is -0.989. The summed E-state index contributed by atoms with van der Waals surface area (Å²) in [7, 11) is 2.61. The Morgan fingerprint density at radius 1 is 1.44 bits per heavy atom. The van der Waals surface area contributed by atoms with Gasteiger partial charge in [0.05, 0.1) is 20.1 Å². The Labute approximate surface area is 94.9 Å². The van der Waals surface area contributed by atoms with Crippen molar-refractivity contribution in [2.75, 3.05) is 14.2 Å². The van der Waals surface area contributed by atoms with E-state index < -0.39 is 23.3 Å². The Hall–Kier alpha value is -1.58. The van der Waals surface area contributed by atoms with Gasteiger partial charge in [0.15, 0.2) is 0 Å². The fourth-order valence-electron chi connectivity index (χ4n) is 2.03. The van der Waals surface area contributed by atoms with Gasteiger partial charge in [-0.3, -0.25) is 9.59 Å². The van der Waals surface area contributed by atoms with Crippen molar-refractivity contribution >= 4 is 11.9 Å². The Morgan fingerprint density at radius 2 is 2.12 bits per heavy atom. The smallest absolute Gasteiger partial charge is 0.316 e. The third kappa shape index (κ3) is 1.87. The quantitative estimate of drug-likeness (QED) is 0.538. The first-order valence-electron chi connectivity index (χ1n) is 5.09. The van der Waals surface area contributed by atoms with Crippen LogP contribution in [0.3, 0.4) is 0 Å². The number of carbonyl (C=O) groups excluding carboxylic acids is 2. The molecular weight excluding hydrogens is 208 g/mol. The van der Waals surface area contributed by atoms with Gasteiger partial charge < -0.3 is 9.47 Å². The molecule has 0 radical (unpaired) electrons. The van der Waals surface area contributed by atoms with Gasteiger partial charge in [-0.15, -0.1) is 6.58 Å². The number of hydrogen-bond donors (Lipinski definition) is 0. The summed E-state index contributed by atoms with van der Waals surface area (Å²) in [5.74, 6) is -1.53. The molecule has 1 aliphatic rings. The van der Waals surface area contributed by atoms with E-state index in [-0.39, 0.29) is 0 Å². The number of allylic oxidation sites excluding steroid dienone is 1. The minimum Gasteiger partial charge on any atom is -0.469 e. The number of esters is 2. The Kier molecular flexibility index (Phi) is 3.88. The van der Waals surface area contributed by atoms with Crippen LogP contribution in [0.25, 0.3) is 0 Å². The number of rotatable bonds is 3. The maximum absolute atomic E-state index is 11.8. The van der Waals surface area contributed by atoms with E-state index in [1.807, 2.05) is 6.08 Å². The lowest BCUT2D eigenvalue weighted by atomic mass is 9.69. The van der Waals surface area contributed by atoms with Crippen molar-refractivity contribution in [1.29, 1.82) is 0 Å². The molecule has 0 saturated heterocycles. The standard InChI is InChI=1S/C12H16O4/c1-4-12(11(14)16-3)8-6-5-7-9(12)10(13)15-2/h4-5,7,9H,1,6,8H2,2-3H3. The van der Waals surface area contributed by atoms with Crippen LogP contribution in [0.2, 0.25) is 0 Å². The molecule has 4 nitrogen and oxygen atoms in total. The van der Waals surface area contributed by atoms with E-state index in [0.717, 1.165) is 0 Å². The van der Waals surface area contributed by atoms with Crippen LogP contribution >= 0.6 is 0 Å². The summed E-state index contributed by atoms with van der Waals surface area (Å²) in [6, 6.07) is 0. The van der Waals surface area contributed by atoms with E-state index in [4.69, 9.17) is 9.47 Å². The minimum absolute atomic E-state index is 0.442. The lowest BCUT2D eigenvalue weighted by molar-refractivity contribution is -0.161. The molecular formula is C12H16O4. The number of methoxy groups -OCH3 is 2. The van der Waals surface area contributed by atoms with Crippen LogP contribution in [-0.4, -0.2) is 26.2 Å². The van der Waals surface area contributed by atoms with Crippen molar-refractivity contribution < 1.29 is 19.1 Å². The molecule has 0 aromatic heterocycles. The number of carbonyl (C=O) groups is 2. The molecule has 16 heavy (non-hydrogen) atoms. The second kappa shape index (κ2) is 4.96. The van der Waals surface area contributed by atoms with Crippen molar-refractivity contribution in [3.8, 4) is 0 Å². The monoisotopic (exact) mass is 224 g/mol. The van der Waals surface area contributed by atoms with Crippen molar-refractivity contribution in [2.24, 2.45) is 11.3 Å². The van der Waals surface area contributed by atoms with Gasteiger partial charge in [-0.1, -0.05) is 18.2 Å². The highest BCUT2D eigenvalue weighted by Gasteiger charge is 2.48. The van der Waals surface area contributed by atoms with E-state index in [1.165, 1.54) is 20.3 Å². The molecule has 4 heteroatoms. The van der Waals surface area contributed by atoms with Gasteiger partial charge in [0, 0.05) is 0 Å². The molecule has 0 aromatic carbocycles. The minimum atomic E-state index is -0.989. The molecule has 2 atom stereocenters. The highest BCUT2D eigenvalue weighted by molar-refractivity contribution is 5.88. The van der Waals surface area contributed by atoms with Crippen LogP contribution in [0.4, 0.5) is 0 Å². The van der Waals surface area contributed by atoms with Crippen LogP contribution in [-0.2, 0) is 19.1 Å². The second-order valence-electron chi connectivity index (χ2n) is 3.70. The first-order valence-corrected chi connectivity index (χ1v) is 5.09. The average molecular weight is 224 g/mol. The molecule has 0 heterocycles. The Morgan fingerprint density at radius 3 is 2.62 bits per heavy atom. The molecule has 0 fully saturated rings. The zero-order chi connectivity index (χ0) is 12.2. The van der Waals surface area contributed by atoms with Gasteiger partial charge in [-0.05, 0) is 12.8 Å². The Balaban J connectivity index is 3.14. The van der Waals surface area contributed by atoms with Crippen molar-refractivity contribution in [3.63, 3.8) is 0 Å². The molecule has 0 saturated carbocycles. The van der Waals surface area contributed by atoms with Crippen LogP contribution in [0.1, 0.15) is 12.8 Å². The zero-order valence-corrected chi connectivity index (χ0v) is 9.56. The van der Waals surface area contributed by atoms with E-state index in [2.05, 4.69) is 6.58 Å². The van der Waals surface area contributed by atoms with E-state index >= 15 is 0 Å². The summed E-state index contributed by atoms with van der Waals surface area (Å²) in [6.45, 7) is 3.65. The summed E-state index contributed by atoms with van der Waals surface area (Å²) in [5, 5.41) is 0. The normalized spacial score (nSPS) is 28.2. The molecule has 0 amide bonds. The van der Waals surface area contributed by atoms with Crippen LogP contribution < -0.4 is 0 Å². The van der Waals surface area contributed by atoms with Crippen molar-refractivity contribution in [2.45, 2.75) is 12.8 Å². The topological polar surface area (TPSA) is 52.6 Å². The van der Waals surface area contributed by atoms with Crippen LogP contribution in [0, 0.1) is 11.3 Å². The molecule has 88 valence electrons. The molecule has 2 unspecified atom stereocenters. The predicted octanol–water partition coefficient (Wildman–Crippen LogP) is 1.47. The summed E-state index contributed by atoms with van der Waals surface area (Å²) in [4.78, 5) is 23.4. The summed E-state index contributed by atoms with van der Waals surface area (Å²) < 4.78 is 9.45. The molecule has 1 rings (SSSR count). The highest BCUT2D eigenvalue weighted by Crippen LogP contribution is 2.40. The number of ether oxygens (including phenoxy) is 2. The Bertz CT molecular complexity index is 332. The molecule has 0 N–H and O–H groups in total. The van der Waals surface area contributed by atoms with E-state index in [1.54, 1.807) is 6.08 Å². The first-order chi connectivity index (χ1) is 7.62. The summed E-state index contributed by atoms with van der Waals surface area (Å²) >= 11 is 0. The van der Waals surface area contributed by atoms with Crippen LogP contribution in [0.15, 0.2) is 24.8 Å². The molecule has 0 bridgehead atoms. The van der Waals surface area contributed by atoms with Crippen molar-refractivity contribution in [1.82, 2.24) is 0 Å². The van der Waals surface area contributed by atoms with E-state index in [9.17, 15) is 9.59 Å². The molecule has 1 aliphatic carbocycles. The zero-order valence-electron chi connectivity index (χ0n) is 9.56. The van der Waals surface area contributed by atoms with Gasteiger partial charge >= 0.3 is 11.9 Å². The maximum atomic E-state index is 11.8. The van der Waals surface area contributed by atoms with Gasteiger partial charge in [0.2, 0.25) is 0 Å². The predicted molar refractivity (Wildman–Crippen MR) is 58.5 cm³/mol. The first kappa shape index (κ1) is 12.5. The third-order valence-corrected chi connectivity index (χ3v) is 2.99. The van der Waals surface area contributed by atoms with E-state index in [0.29, 0.717) is 12.8 Å². The average Bonchev–Trinajstić information content (AvgIpc) is 2.36. The fraction of sp³-hybridized carbons (Fsp3) is 0.500. The lowest BCUT2D eigenvalue weighted by Crippen LogP contribution is -2.42. The van der Waals surface area contributed by atoms with Gasteiger partial charge in [-0.2, -0.15) is 0 Å². The maximum Gasteiger partial charge on any atom is 0.316 e. The van der Waals surface area contributed by atoms with Gasteiger partial charge in [0.1, 0.15) is 5.41 Å². The van der Waals surface area contributed by atoms with Gasteiger partial charge in [0.25, 0.3) is 0 Å². The highest BCUT2D eigenvalue weighted by atomic mass is 16.5. The van der Waals surface area contributed by atoms with Crippen molar-refractivity contribution in [3.05, 3.63) is 24.8 Å². The molecule has 0 spiro atoms. The van der Waals surface area contributed by atoms with Crippen LogP contribution in [0.5, 0.6) is 0 Å².